The van der Waals surface area contributed by atoms with Gasteiger partial charge in [-0.25, -0.2) is 0 Å². The van der Waals surface area contributed by atoms with E-state index in [0.717, 1.165) is 10.9 Å². The van der Waals surface area contributed by atoms with Crippen molar-refractivity contribution in [1.82, 2.24) is 10.9 Å². The number of fused-ring (bicyclic) bond motifs is 1. The Morgan fingerprint density at radius 1 is 1.11 bits per heavy atom. The third-order valence-corrected chi connectivity index (χ3v) is 4.39. The van der Waals surface area contributed by atoms with Gasteiger partial charge in [0.1, 0.15) is 11.3 Å². The van der Waals surface area contributed by atoms with E-state index in [2.05, 4.69) is 10.9 Å². The summed E-state index contributed by atoms with van der Waals surface area (Å²) in [5, 5.41) is 1.44. The minimum atomic E-state index is -0.818. The van der Waals surface area contributed by atoms with Crippen molar-refractivity contribution in [2.24, 2.45) is 0 Å². The van der Waals surface area contributed by atoms with Gasteiger partial charge in [-0.05, 0) is 50.6 Å². The minimum Gasteiger partial charge on any atom is -0.481 e. The summed E-state index contributed by atoms with van der Waals surface area (Å²) in [6.45, 7) is 5.21. The summed E-state index contributed by atoms with van der Waals surface area (Å²) in [7, 11) is 0. The van der Waals surface area contributed by atoms with E-state index in [9.17, 15) is 9.59 Å². The average molecular weight is 387 g/mol. The number of hydrazine groups is 1. The first-order valence-electron chi connectivity index (χ1n) is 8.38. The van der Waals surface area contributed by atoms with Crippen LogP contribution in [0.5, 0.6) is 5.75 Å². The van der Waals surface area contributed by atoms with Crippen LogP contribution in [0.25, 0.3) is 11.0 Å². The summed E-state index contributed by atoms with van der Waals surface area (Å²) in [5.41, 5.74) is 6.84. The van der Waals surface area contributed by atoms with E-state index in [4.69, 9.17) is 20.8 Å². The fourth-order valence-electron chi connectivity index (χ4n) is 2.66. The topological polar surface area (TPSA) is 80.6 Å². The molecule has 0 saturated carbocycles. The smallest absolute Gasteiger partial charge is 0.305 e. The number of aryl methyl sites for hydroxylation is 2. The molecular weight excluding hydrogens is 368 g/mol. The van der Waals surface area contributed by atoms with Gasteiger partial charge in [0, 0.05) is 16.0 Å². The first-order chi connectivity index (χ1) is 12.9. The lowest BCUT2D eigenvalue weighted by molar-refractivity contribution is -0.128. The number of nitrogens with one attached hydrogen (secondary N) is 2. The van der Waals surface area contributed by atoms with Crippen molar-refractivity contribution < 1.29 is 18.7 Å². The van der Waals surface area contributed by atoms with E-state index in [1.807, 2.05) is 25.1 Å². The van der Waals surface area contributed by atoms with Gasteiger partial charge in [-0.2, -0.15) is 0 Å². The van der Waals surface area contributed by atoms with Crippen LogP contribution in [-0.2, 0) is 4.79 Å². The molecule has 0 fully saturated rings. The quantitative estimate of drug-likeness (QED) is 0.666. The molecule has 3 aromatic rings. The summed E-state index contributed by atoms with van der Waals surface area (Å²) >= 11 is 5.91. The molecule has 2 N–H and O–H groups in total. The molecule has 1 atom stereocenters. The maximum Gasteiger partial charge on any atom is 0.305 e. The van der Waals surface area contributed by atoms with Gasteiger partial charge in [-0.3, -0.25) is 20.4 Å². The maximum atomic E-state index is 12.3. The first-order valence-corrected chi connectivity index (χ1v) is 8.75. The van der Waals surface area contributed by atoms with Crippen molar-refractivity contribution in [3.8, 4) is 5.75 Å². The molecule has 0 aliphatic rings. The van der Waals surface area contributed by atoms with Crippen molar-refractivity contribution in [2.75, 3.05) is 0 Å². The summed E-state index contributed by atoms with van der Waals surface area (Å²) in [6.07, 6.45) is -0.818. The van der Waals surface area contributed by atoms with Gasteiger partial charge in [-0.15, -0.1) is 0 Å². The van der Waals surface area contributed by atoms with Gasteiger partial charge in [0.25, 0.3) is 5.91 Å². The highest BCUT2D eigenvalue weighted by Gasteiger charge is 2.20. The Morgan fingerprint density at radius 3 is 2.56 bits per heavy atom. The molecule has 0 bridgehead atoms. The average Bonchev–Trinajstić information content (AvgIpc) is 2.99. The third kappa shape index (κ3) is 4.06. The molecule has 0 aliphatic heterocycles. The van der Waals surface area contributed by atoms with E-state index in [-0.39, 0.29) is 5.76 Å². The van der Waals surface area contributed by atoms with Crippen molar-refractivity contribution >= 4 is 34.4 Å². The van der Waals surface area contributed by atoms with Gasteiger partial charge < -0.3 is 9.15 Å². The highest BCUT2D eigenvalue weighted by atomic mass is 35.5. The number of ether oxygens (including phenoxy) is 1. The van der Waals surface area contributed by atoms with Gasteiger partial charge in [0.2, 0.25) is 0 Å². The molecular formula is C20H19ClN2O4. The van der Waals surface area contributed by atoms with Crippen LogP contribution in [0.15, 0.2) is 46.9 Å². The van der Waals surface area contributed by atoms with Crippen LogP contribution in [-0.4, -0.2) is 17.9 Å². The van der Waals surface area contributed by atoms with Gasteiger partial charge >= 0.3 is 5.91 Å². The van der Waals surface area contributed by atoms with Crippen LogP contribution >= 0.6 is 11.6 Å². The van der Waals surface area contributed by atoms with Crippen LogP contribution in [0, 0.1) is 13.8 Å². The van der Waals surface area contributed by atoms with Gasteiger partial charge in [-0.1, -0.05) is 29.8 Å². The van der Waals surface area contributed by atoms with E-state index >= 15 is 0 Å². The number of rotatable bonds is 4. The van der Waals surface area contributed by atoms with Crippen molar-refractivity contribution in [2.45, 2.75) is 26.9 Å². The molecule has 0 radical (unpaired) electrons. The third-order valence-electron chi connectivity index (χ3n) is 4.16. The van der Waals surface area contributed by atoms with Crippen LogP contribution in [0.3, 0.4) is 0 Å². The zero-order chi connectivity index (χ0) is 19.6. The van der Waals surface area contributed by atoms with Gasteiger partial charge in [0.15, 0.2) is 11.9 Å². The number of para-hydroxylation sites is 1. The largest absolute Gasteiger partial charge is 0.481 e. The molecule has 1 aromatic heterocycles. The Bertz CT molecular complexity index is 1010. The standard InChI is InChI=1S/C20H19ClN2O4/c1-11-10-14(21)8-9-16(11)26-13(3)19(24)22-23-20(25)18-12(2)15-6-4-5-7-17(15)27-18/h4-10,13H,1-3H3,(H,22,24)(H,23,25). The lowest BCUT2D eigenvalue weighted by Crippen LogP contribution is -2.47. The van der Waals surface area contributed by atoms with Crippen molar-refractivity contribution in [3.05, 3.63) is 64.4 Å². The molecule has 2 amide bonds. The fourth-order valence-corrected chi connectivity index (χ4v) is 2.88. The molecule has 27 heavy (non-hydrogen) atoms. The van der Waals surface area contributed by atoms with E-state index in [1.165, 1.54) is 0 Å². The molecule has 140 valence electrons. The predicted octanol–water partition coefficient (Wildman–Crippen LogP) is 3.93. The van der Waals surface area contributed by atoms with Crippen LogP contribution in [0.1, 0.15) is 28.6 Å². The highest BCUT2D eigenvalue weighted by molar-refractivity contribution is 6.30. The molecule has 0 aliphatic carbocycles. The lowest BCUT2D eigenvalue weighted by atomic mass is 10.1. The molecule has 1 heterocycles. The van der Waals surface area contributed by atoms with Crippen LogP contribution < -0.4 is 15.6 Å². The Balaban J connectivity index is 1.62. The monoisotopic (exact) mass is 386 g/mol. The number of benzene rings is 2. The Hall–Kier alpha value is -2.99. The number of amides is 2. The number of hydrogen-bond donors (Lipinski definition) is 2. The summed E-state index contributed by atoms with van der Waals surface area (Å²) in [6, 6.07) is 12.5. The van der Waals surface area contributed by atoms with E-state index < -0.39 is 17.9 Å². The molecule has 3 rings (SSSR count). The second-order valence-corrected chi connectivity index (χ2v) is 6.60. The minimum absolute atomic E-state index is 0.151. The Kier molecular flexibility index (Phi) is 5.37. The fraction of sp³-hybridized carbons (Fsp3) is 0.200. The molecule has 0 spiro atoms. The molecule has 6 nitrogen and oxygen atoms in total. The number of furan rings is 1. The predicted molar refractivity (Wildman–Crippen MR) is 103 cm³/mol. The Labute approximate surface area is 161 Å². The zero-order valence-corrected chi connectivity index (χ0v) is 15.9. The molecule has 2 aromatic carbocycles. The number of halogens is 1. The number of carbonyl (C=O) groups is 2. The first kappa shape index (κ1) is 18.8. The Morgan fingerprint density at radius 2 is 1.85 bits per heavy atom. The number of hydrogen-bond acceptors (Lipinski definition) is 4. The summed E-state index contributed by atoms with van der Waals surface area (Å²) < 4.78 is 11.2. The van der Waals surface area contributed by atoms with E-state index in [0.29, 0.717) is 21.9 Å². The normalized spacial score (nSPS) is 11.9. The second-order valence-electron chi connectivity index (χ2n) is 6.17. The van der Waals surface area contributed by atoms with Crippen LogP contribution in [0.4, 0.5) is 0 Å². The van der Waals surface area contributed by atoms with Gasteiger partial charge in [0.05, 0.1) is 0 Å². The molecule has 7 heteroatoms. The van der Waals surface area contributed by atoms with Crippen molar-refractivity contribution in [3.63, 3.8) is 0 Å². The maximum absolute atomic E-state index is 12.3. The molecule has 1 unspecified atom stereocenters. The molecule has 0 saturated heterocycles. The number of carbonyl (C=O) groups excluding carboxylic acids is 2. The highest BCUT2D eigenvalue weighted by Crippen LogP contribution is 2.25. The summed E-state index contributed by atoms with van der Waals surface area (Å²) in [4.78, 5) is 24.5. The van der Waals surface area contributed by atoms with Crippen molar-refractivity contribution in [1.29, 1.82) is 0 Å². The lowest BCUT2D eigenvalue weighted by Gasteiger charge is -2.16. The zero-order valence-electron chi connectivity index (χ0n) is 15.1. The summed E-state index contributed by atoms with van der Waals surface area (Å²) in [5.74, 6) is -0.335. The van der Waals surface area contributed by atoms with E-state index in [1.54, 1.807) is 38.1 Å². The van der Waals surface area contributed by atoms with Crippen LogP contribution in [0.2, 0.25) is 5.02 Å². The second kappa shape index (κ2) is 7.72. The SMILES string of the molecule is Cc1cc(Cl)ccc1OC(C)C(=O)NNC(=O)c1oc2ccccc2c1C.